The molecule has 4 rings (SSSR count). The molecule has 1 amide bonds. The number of likely N-dealkylation sites (tertiary alicyclic amines) is 1. The lowest BCUT2D eigenvalue weighted by Gasteiger charge is -2.47. The molecular formula is C19H26ClN3O2. The number of para-hydroxylation sites is 1. The van der Waals surface area contributed by atoms with E-state index in [2.05, 4.69) is 52.6 Å². The van der Waals surface area contributed by atoms with Gasteiger partial charge in [0.25, 0.3) is 0 Å². The van der Waals surface area contributed by atoms with Crippen molar-refractivity contribution in [1.29, 1.82) is 0 Å². The number of ether oxygens (including phenoxy) is 1. The average Bonchev–Trinajstić information content (AvgIpc) is 3.01. The number of morpholine rings is 1. The second-order valence-corrected chi connectivity index (χ2v) is 7.09. The molecule has 2 saturated heterocycles. The fourth-order valence-corrected chi connectivity index (χ4v) is 4.10. The molecule has 2 aromatic rings. The van der Waals surface area contributed by atoms with Crippen LogP contribution in [0.3, 0.4) is 0 Å². The van der Waals surface area contributed by atoms with Gasteiger partial charge in [-0.1, -0.05) is 18.2 Å². The summed E-state index contributed by atoms with van der Waals surface area (Å²) in [6.07, 6.45) is 5.17. The molecule has 2 aliphatic heterocycles. The van der Waals surface area contributed by atoms with Gasteiger partial charge >= 0.3 is 0 Å². The maximum atomic E-state index is 11.5. The molecule has 0 radical (unpaired) electrons. The minimum Gasteiger partial charge on any atom is -0.363 e. The Morgan fingerprint density at radius 1 is 1.28 bits per heavy atom. The van der Waals surface area contributed by atoms with E-state index in [4.69, 9.17) is 4.74 Å². The number of amides is 1. The lowest BCUT2D eigenvalue weighted by atomic mass is 9.83. The van der Waals surface area contributed by atoms with Crippen LogP contribution < -0.4 is 5.32 Å². The van der Waals surface area contributed by atoms with E-state index in [0.717, 1.165) is 38.9 Å². The first kappa shape index (κ1) is 18.2. The van der Waals surface area contributed by atoms with Crippen molar-refractivity contribution >= 4 is 29.2 Å². The van der Waals surface area contributed by atoms with Crippen molar-refractivity contribution in [1.82, 2.24) is 15.2 Å². The van der Waals surface area contributed by atoms with Crippen LogP contribution in [0.1, 0.15) is 25.3 Å². The monoisotopic (exact) mass is 363 g/mol. The van der Waals surface area contributed by atoms with Crippen LogP contribution in [0, 0.1) is 0 Å². The number of benzene rings is 1. The number of aromatic nitrogens is 1. The molecular weight excluding hydrogens is 338 g/mol. The van der Waals surface area contributed by atoms with Gasteiger partial charge in [-0.15, -0.1) is 12.4 Å². The standard InChI is InChI=1S/C19H25N3O2.ClH/c1-14-19(24-13-18(23)21-14)7-10-22(11-8-19)9-6-15-12-20-17-5-3-2-4-16(15)17;/h2-5,12,14,20H,6-11,13H2,1H3,(H,21,23);1H. The number of carbonyl (C=O) groups excluding carboxylic acids is 1. The Kier molecular flexibility index (Phi) is 5.37. The topological polar surface area (TPSA) is 57.4 Å². The van der Waals surface area contributed by atoms with Crippen molar-refractivity contribution in [3.8, 4) is 0 Å². The van der Waals surface area contributed by atoms with Gasteiger partial charge in [-0.3, -0.25) is 4.79 Å². The highest BCUT2D eigenvalue weighted by molar-refractivity contribution is 5.85. The van der Waals surface area contributed by atoms with Crippen LogP contribution in [0.15, 0.2) is 30.5 Å². The third-order valence-corrected chi connectivity index (χ3v) is 5.73. The van der Waals surface area contributed by atoms with Gasteiger partial charge < -0.3 is 19.9 Å². The number of hydrogen-bond acceptors (Lipinski definition) is 3. The van der Waals surface area contributed by atoms with Gasteiger partial charge in [0, 0.05) is 36.7 Å². The van der Waals surface area contributed by atoms with Crippen LogP contribution >= 0.6 is 12.4 Å². The molecule has 3 heterocycles. The number of carbonyl (C=O) groups is 1. The van der Waals surface area contributed by atoms with E-state index in [0.29, 0.717) is 0 Å². The fourth-order valence-electron chi connectivity index (χ4n) is 4.10. The second kappa shape index (κ2) is 7.36. The Bertz CT molecular complexity index is 737. The molecule has 2 N–H and O–H groups in total. The molecule has 2 aliphatic rings. The molecule has 136 valence electrons. The smallest absolute Gasteiger partial charge is 0.246 e. The quantitative estimate of drug-likeness (QED) is 0.881. The first-order valence-corrected chi connectivity index (χ1v) is 8.87. The molecule has 1 spiro atoms. The van der Waals surface area contributed by atoms with Crippen LogP contribution in [0.25, 0.3) is 10.9 Å². The number of rotatable bonds is 3. The molecule has 0 saturated carbocycles. The first-order chi connectivity index (χ1) is 11.7. The zero-order valence-electron chi connectivity index (χ0n) is 14.6. The number of fused-ring (bicyclic) bond motifs is 1. The predicted octanol–water partition coefficient (Wildman–Crippen LogP) is 2.50. The van der Waals surface area contributed by atoms with Crippen LogP contribution in [0.2, 0.25) is 0 Å². The van der Waals surface area contributed by atoms with Crippen LogP contribution in [0.5, 0.6) is 0 Å². The van der Waals surface area contributed by atoms with Gasteiger partial charge in [0.15, 0.2) is 0 Å². The molecule has 0 aliphatic carbocycles. The van der Waals surface area contributed by atoms with Crippen molar-refractivity contribution in [2.75, 3.05) is 26.2 Å². The summed E-state index contributed by atoms with van der Waals surface area (Å²) in [5.41, 5.74) is 2.44. The highest BCUT2D eigenvalue weighted by Gasteiger charge is 2.44. The van der Waals surface area contributed by atoms with Gasteiger partial charge in [0.1, 0.15) is 6.61 Å². The summed E-state index contributed by atoms with van der Waals surface area (Å²) in [5, 5.41) is 4.37. The zero-order chi connectivity index (χ0) is 16.6. The van der Waals surface area contributed by atoms with Crippen LogP contribution in [0.4, 0.5) is 0 Å². The largest absolute Gasteiger partial charge is 0.363 e. The third-order valence-electron chi connectivity index (χ3n) is 5.73. The molecule has 6 heteroatoms. The summed E-state index contributed by atoms with van der Waals surface area (Å²) < 4.78 is 5.94. The maximum Gasteiger partial charge on any atom is 0.246 e. The summed E-state index contributed by atoms with van der Waals surface area (Å²) in [5.74, 6) is 0.00916. The molecule has 1 atom stereocenters. The second-order valence-electron chi connectivity index (χ2n) is 7.09. The highest BCUT2D eigenvalue weighted by atomic mass is 35.5. The summed E-state index contributed by atoms with van der Waals surface area (Å²) in [6, 6.07) is 8.58. The Morgan fingerprint density at radius 3 is 2.80 bits per heavy atom. The summed E-state index contributed by atoms with van der Waals surface area (Å²) in [7, 11) is 0. The molecule has 0 bridgehead atoms. The van der Waals surface area contributed by atoms with Crippen molar-refractivity contribution in [3.63, 3.8) is 0 Å². The summed E-state index contributed by atoms with van der Waals surface area (Å²) in [6.45, 7) is 5.40. The number of nitrogens with zero attached hydrogens (tertiary/aromatic N) is 1. The van der Waals surface area contributed by atoms with E-state index in [-0.39, 0.29) is 36.6 Å². The Hall–Kier alpha value is -1.56. The van der Waals surface area contributed by atoms with Gasteiger partial charge in [0.2, 0.25) is 5.91 Å². The molecule has 1 unspecified atom stereocenters. The minimum atomic E-state index is -0.162. The SMILES string of the molecule is CC1NC(=O)COC12CCN(CCc1c[nH]c3ccccc13)CC2.Cl. The van der Waals surface area contributed by atoms with E-state index in [1.165, 1.54) is 16.5 Å². The summed E-state index contributed by atoms with van der Waals surface area (Å²) >= 11 is 0. The van der Waals surface area contributed by atoms with Gasteiger partial charge in [0.05, 0.1) is 11.6 Å². The van der Waals surface area contributed by atoms with E-state index in [1.54, 1.807) is 0 Å². The number of piperidine rings is 1. The number of aromatic amines is 1. The average molecular weight is 364 g/mol. The van der Waals surface area contributed by atoms with E-state index >= 15 is 0 Å². The van der Waals surface area contributed by atoms with Gasteiger partial charge in [-0.2, -0.15) is 0 Å². The first-order valence-electron chi connectivity index (χ1n) is 8.87. The number of halogens is 1. The molecule has 5 nitrogen and oxygen atoms in total. The lowest BCUT2D eigenvalue weighted by molar-refractivity contribution is -0.159. The lowest BCUT2D eigenvalue weighted by Crippen LogP contribution is -2.62. The van der Waals surface area contributed by atoms with Gasteiger partial charge in [-0.25, -0.2) is 0 Å². The fraction of sp³-hybridized carbons (Fsp3) is 0.526. The number of H-pyrrole nitrogens is 1. The summed E-state index contributed by atoms with van der Waals surface area (Å²) in [4.78, 5) is 17.3. The molecule has 1 aromatic heterocycles. The van der Waals surface area contributed by atoms with Crippen molar-refractivity contribution in [2.24, 2.45) is 0 Å². The van der Waals surface area contributed by atoms with E-state index < -0.39 is 0 Å². The molecule has 2 fully saturated rings. The Morgan fingerprint density at radius 2 is 2.04 bits per heavy atom. The van der Waals surface area contributed by atoms with E-state index in [9.17, 15) is 4.79 Å². The predicted molar refractivity (Wildman–Crippen MR) is 101 cm³/mol. The third kappa shape index (κ3) is 3.54. The Balaban J connectivity index is 0.00000182. The normalized spacial score (nSPS) is 23.4. The van der Waals surface area contributed by atoms with Crippen LogP contribution in [-0.4, -0.2) is 53.7 Å². The van der Waals surface area contributed by atoms with E-state index in [1.807, 2.05) is 0 Å². The number of hydrogen-bond donors (Lipinski definition) is 2. The van der Waals surface area contributed by atoms with Gasteiger partial charge in [-0.05, 0) is 37.8 Å². The minimum absolute atomic E-state index is 0. The van der Waals surface area contributed by atoms with Crippen molar-refractivity contribution in [3.05, 3.63) is 36.0 Å². The maximum absolute atomic E-state index is 11.5. The van der Waals surface area contributed by atoms with Crippen molar-refractivity contribution < 1.29 is 9.53 Å². The zero-order valence-corrected chi connectivity index (χ0v) is 15.4. The molecule has 1 aromatic carbocycles. The van der Waals surface area contributed by atoms with Crippen molar-refractivity contribution in [2.45, 2.75) is 37.8 Å². The Labute approximate surface area is 154 Å². The molecule has 25 heavy (non-hydrogen) atoms. The van der Waals surface area contributed by atoms with Crippen LogP contribution in [-0.2, 0) is 16.0 Å². The highest BCUT2D eigenvalue weighted by Crippen LogP contribution is 2.32. The number of nitrogens with one attached hydrogen (secondary N) is 2.